The fraction of sp³-hybridized carbons (Fsp3) is 0.500. The van der Waals surface area contributed by atoms with Crippen LogP contribution >= 0.6 is 0 Å². The standard InChI is InChI=1S/C20H24O5/c1-6-9(2)19(22)24-14-8-11(4)15-13(21)7-10(3)16(15)18-17(14)12(5)20(23)25-18/h6-7,13-18,21H,4-5,8H2,1-3H3/b9-6-/t13-,14-,15-,16+,17-,18-/m0/s1. The van der Waals surface area contributed by atoms with Gasteiger partial charge in [0.25, 0.3) is 0 Å². The second-order valence-electron chi connectivity index (χ2n) is 7.15. The number of allylic oxidation sites excluding steroid dienone is 1. The molecular weight excluding hydrogens is 320 g/mol. The third-order valence-electron chi connectivity index (χ3n) is 5.68. The number of fused-ring (bicyclic) bond motifs is 3. The maximum atomic E-state index is 12.3. The van der Waals surface area contributed by atoms with Gasteiger partial charge >= 0.3 is 11.9 Å². The summed E-state index contributed by atoms with van der Waals surface area (Å²) in [5.74, 6) is -1.72. The number of aliphatic hydroxyl groups is 1. The number of esters is 2. The van der Waals surface area contributed by atoms with Crippen LogP contribution in [0, 0.1) is 17.8 Å². The maximum absolute atomic E-state index is 12.3. The van der Waals surface area contributed by atoms with Gasteiger partial charge in [-0.15, -0.1) is 0 Å². The van der Waals surface area contributed by atoms with Gasteiger partial charge in [-0.1, -0.05) is 36.5 Å². The molecule has 0 aromatic carbocycles. The monoisotopic (exact) mass is 344 g/mol. The van der Waals surface area contributed by atoms with Crippen molar-refractivity contribution >= 4 is 11.9 Å². The summed E-state index contributed by atoms with van der Waals surface area (Å²) in [4.78, 5) is 24.4. The van der Waals surface area contributed by atoms with E-state index in [1.807, 2.05) is 6.92 Å². The largest absolute Gasteiger partial charge is 0.458 e. The van der Waals surface area contributed by atoms with Crippen LogP contribution in [0.25, 0.3) is 0 Å². The van der Waals surface area contributed by atoms with Crippen molar-refractivity contribution in [2.45, 2.75) is 45.5 Å². The Morgan fingerprint density at radius 3 is 2.68 bits per heavy atom. The molecule has 3 aliphatic rings. The minimum Gasteiger partial charge on any atom is -0.458 e. The van der Waals surface area contributed by atoms with Gasteiger partial charge in [0.15, 0.2) is 0 Å². The number of rotatable bonds is 2. The van der Waals surface area contributed by atoms with Crippen LogP contribution in [0.4, 0.5) is 0 Å². The Hall–Kier alpha value is -2.14. The average Bonchev–Trinajstić information content (AvgIpc) is 2.96. The van der Waals surface area contributed by atoms with Crippen molar-refractivity contribution in [2.24, 2.45) is 17.8 Å². The lowest BCUT2D eigenvalue weighted by molar-refractivity contribution is -0.148. The molecule has 0 spiro atoms. The first-order chi connectivity index (χ1) is 11.8. The Kier molecular flexibility index (Phi) is 4.45. The zero-order chi connectivity index (χ0) is 18.5. The molecule has 5 heteroatoms. The van der Waals surface area contributed by atoms with Crippen LogP contribution in [-0.4, -0.2) is 35.4 Å². The summed E-state index contributed by atoms with van der Waals surface area (Å²) >= 11 is 0. The Balaban J connectivity index is 1.99. The van der Waals surface area contributed by atoms with Gasteiger partial charge in [0.1, 0.15) is 12.2 Å². The van der Waals surface area contributed by atoms with E-state index in [9.17, 15) is 14.7 Å². The van der Waals surface area contributed by atoms with Gasteiger partial charge in [-0.3, -0.25) is 0 Å². The number of carbonyl (C=O) groups excluding carboxylic acids is 2. The zero-order valence-corrected chi connectivity index (χ0v) is 14.8. The fourth-order valence-electron chi connectivity index (χ4n) is 4.26. The first-order valence-corrected chi connectivity index (χ1v) is 8.54. The summed E-state index contributed by atoms with van der Waals surface area (Å²) in [6.07, 6.45) is 2.10. The van der Waals surface area contributed by atoms with Crippen LogP contribution in [0.3, 0.4) is 0 Å². The molecule has 0 amide bonds. The smallest absolute Gasteiger partial charge is 0.334 e. The van der Waals surface area contributed by atoms with Gasteiger partial charge in [-0.25, -0.2) is 9.59 Å². The molecule has 1 heterocycles. The maximum Gasteiger partial charge on any atom is 0.334 e. The summed E-state index contributed by atoms with van der Waals surface area (Å²) < 4.78 is 11.3. The number of hydrogen-bond acceptors (Lipinski definition) is 5. The molecule has 6 atom stereocenters. The van der Waals surface area contributed by atoms with Crippen molar-refractivity contribution < 1.29 is 24.2 Å². The van der Waals surface area contributed by atoms with Crippen molar-refractivity contribution in [2.75, 3.05) is 0 Å². The van der Waals surface area contributed by atoms with Gasteiger partial charge in [-0.2, -0.15) is 0 Å². The molecule has 2 aliphatic carbocycles. The molecule has 0 aromatic heterocycles. The molecule has 1 saturated heterocycles. The van der Waals surface area contributed by atoms with E-state index in [4.69, 9.17) is 9.47 Å². The Labute approximate surface area is 147 Å². The molecule has 0 aromatic rings. The Morgan fingerprint density at radius 2 is 2.04 bits per heavy atom. The van der Waals surface area contributed by atoms with Crippen molar-refractivity contribution in [1.29, 1.82) is 0 Å². The highest BCUT2D eigenvalue weighted by molar-refractivity contribution is 5.92. The Morgan fingerprint density at radius 1 is 1.36 bits per heavy atom. The molecule has 0 unspecified atom stereocenters. The molecule has 1 aliphatic heterocycles. The van der Waals surface area contributed by atoms with E-state index in [1.54, 1.807) is 26.0 Å². The highest BCUT2D eigenvalue weighted by atomic mass is 16.6. The normalized spacial score (nSPS) is 37.8. The molecule has 3 rings (SSSR count). The van der Waals surface area contributed by atoms with Gasteiger partial charge in [0.2, 0.25) is 0 Å². The molecule has 5 nitrogen and oxygen atoms in total. The molecule has 25 heavy (non-hydrogen) atoms. The lowest BCUT2D eigenvalue weighted by Gasteiger charge is -2.29. The first kappa shape index (κ1) is 17.7. The van der Waals surface area contributed by atoms with Crippen LogP contribution in [0.5, 0.6) is 0 Å². The summed E-state index contributed by atoms with van der Waals surface area (Å²) in [5.41, 5.74) is 2.59. The van der Waals surface area contributed by atoms with Gasteiger partial charge in [-0.05, 0) is 20.8 Å². The van der Waals surface area contributed by atoms with Crippen LogP contribution < -0.4 is 0 Å². The number of aliphatic hydroxyl groups excluding tert-OH is 1. The van der Waals surface area contributed by atoms with E-state index in [0.717, 1.165) is 11.1 Å². The highest BCUT2D eigenvalue weighted by Gasteiger charge is 2.56. The number of hydrogen-bond donors (Lipinski definition) is 1. The molecule has 0 radical (unpaired) electrons. The third-order valence-corrected chi connectivity index (χ3v) is 5.68. The summed E-state index contributed by atoms with van der Waals surface area (Å²) in [7, 11) is 0. The predicted octanol–water partition coefficient (Wildman–Crippen LogP) is 2.48. The van der Waals surface area contributed by atoms with Crippen LogP contribution in [-0.2, 0) is 19.1 Å². The quantitative estimate of drug-likeness (QED) is 0.473. The second-order valence-corrected chi connectivity index (χ2v) is 7.15. The Bertz CT molecular complexity index is 714. The fourth-order valence-corrected chi connectivity index (χ4v) is 4.26. The zero-order valence-electron chi connectivity index (χ0n) is 14.8. The molecule has 134 valence electrons. The molecular formula is C20H24O5. The molecule has 1 N–H and O–H groups in total. The van der Waals surface area contributed by atoms with E-state index in [0.29, 0.717) is 17.6 Å². The third kappa shape index (κ3) is 2.76. The van der Waals surface area contributed by atoms with Crippen molar-refractivity contribution in [3.05, 3.63) is 47.6 Å². The van der Waals surface area contributed by atoms with Crippen molar-refractivity contribution in [1.82, 2.24) is 0 Å². The van der Waals surface area contributed by atoms with E-state index in [-0.39, 0.29) is 11.8 Å². The lowest BCUT2D eigenvalue weighted by Crippen LogP contribution is -2.36. The molecule has 0 bridgehead atoms. The minimum absolute atomic E-state index is 0.165. The van der Waals surface area contributed by atoms with Gasteiger partial charge in [0.05, 0.1) is 12.0 Å². The average molecular weight is 344 g/mol. The van der Waals surface area contributed by atoms with E-state index >= 15 is 0 Å². The van der Waals surface area contributed by atoms with Crippen LogP contribution in [0.1, 0.15) is 27.2 Å². The van der Waals surface area contributed by atoms with E-state index in [1.165, 1.54) is 0 Å². The van der Waals surface area contributed by atoms with Crippen LogP contribution in [0.2, 0.25) is 0 Å². The molecule has 1 saturated carbocycles. The van der Waals surface area contributed by atoms with Gasteiger partial charge in [0, 0.05) is 29.4 Å². The van der Waals surface area contributed by atoms with Crippen molar-refractivity contribution in [3.63, 3.8) is 0 Å². The molecule has 2 fully saturated rings. The SMILES string of the molecule is C=C1C(=O)O[C@@H]2[C@@H]1[C@@H](OC(=O)/C(C)=C\C)CC(=C)[C@@H]1[C@H]2C(C)=C[C@@H]1O. The number of carbonyl (C=O) groups is 2. The van der Waals surface area contributed by atoms with Crippen molar-refractivity contribution in [3.8, 4) is 0 Å². The summed E-state index contributed by atoms with van der Waals surface area (Å²) in [6, 6.07) is 0. The summed E-state index contributed by atoms with van der Waals surface area (Å²) in [6.45, 7) is 13.4. The highest BCUT2D eigenvalue weighted by Crippen LogP contribution is 2.51. The van der Waals surface area contributed by atoms with Crippen LogP contribution in [0.15, 0.2) is 47.6 Å². The van der Waals surface area contributed by atoms with E-state index < -0.39 is 36.2 Å². The summed E-state index contributed by atoms with van der Waals surface area (Å²) in [5, 5.41) is 10.4. The van der Waals surface area contributed by atoms with Gasteiger partial charge < -0.3 is 14.6 Å². The topological polar surface area (TPSA) is 72.8 Å². The minimum atomic E-state index is -0.669. The lowest BCUT2D eigenvalue weighted by atomic mass is 9.79. The van der Waals surface area contributed by atoms with E-state index in [2.05, 4.69) is 13.2 Å². The second kappa shape index (κ2) is 6.30. The predicted molar refractivity (Wildman–Crippen MR) is 92.3 cm³/mol. The number of ether oxygens (including phenoxy) is 2. The first-order valence-electron chi connectivity index (χ1n) is 8.54.